The molecule has 2 heterocycles. The van der Waals surface area contributed by atoms with Crippen LogP contribution in [0.15, 0.2) is 34.1 Å². The largest absolute Gasteiger partial charge is 0.375 e. The van der Waals surface area contributed by atoms with E-state index in [1.165, 1.54) is 26.3 Å². The van der Waals surface area contributed by atoms with Crippen molar-refractivity contribution in [1.82, 2.24) is 10.3 Å². The van der Waals surface area contributed by atoms with Gasteiger partial charge in [-0.1, -0.05) is 17.4 Å². The zero-order chi connectivity index (χ0) is 13.2. The van der Waals surface area contributed by atoms with Gasteiger partial charge in [0.15, 0.2) is 5.13 Å². The summed E-state index contributed by atoms with van der Waals surface area (Å²) in [5.41, 5.74) is 7.94. The molecule has 0 saturated heterocycles. The lowest BCUT2D eigenvalue weighted by Crippen LogP contribution is -2.11. The Bertz CT molecular complexity index is 705. The van der Waals surface area contributed by atoms with E-state index in [2.05, 4.69) is 49.8 Å². The topological polar surface area (TPSA) is 50.9 Å². The minimum Gasteiger partial charge on any atom is -0.375 e. The SMILES string of the molecule is Nc1nc2ccc(CNCc3sccc3Br)cc2s1. The fraction of sp³-hybridized carbons (Fsp3) is 0.154. The van der Waals surface area contributed by atoms with Gasteiger partial charge in [-0.25, -0.2) is 4.98 Å². The Balaban J connectivity index is 1.66. The Morgan fingerprint density at radius 3 is 2.95 bits per heavy atom. The van der Waals surface area contributed by atoms with E-state index in [1.807, 2.05) is 6.07 Å². The van der Waals surface area contributed by atoms with Crippen LogP contribution in [0.4, 0.5) is 5.13 Å². The zero-order valence-electron chi connectivity index (χ0n) is 10.0. The van der Waals surface area contributed by atoms with Crippen molar-refractivity contribution in [3.63, 3.8) is 0 Å². The molecule has 0 spiro atoms. The summed E-state index contributed by atoms with van der Waals surface area (Å²) in [5, 5.41) is 6.17. The number of benzene rings is 1. The average molecular weight is 354 g/mol. The van der Waals surface area contributed by atoms with E-state index in [1.54, 1.807) is 11.3 Å². The highest BCUT2D eigenvalue weighted by Crippen LogP contribution is 2.25. The molecule has 19 heavy (non-hydrogen) atoms. The third-order valence-electron chi connectivity index (χ3n) is 2.78. The molecule has 0 atom stereocenters. The second-order valence-electron chi connectivity index (χ2n) is 4.15. The van der Waals surface area contributed by atoms with Crippen molar-refractivity contribution in [1.29, 1.82) is 0 Å². The number of nitrogens with one attached hydrogen (secondary N) is 1. The summed E-state index contributed by atoms with van der Waals surface area (Å²) < 4.78 is 2.32. The molecular formula is C13H12BrN3S2. The number of rotatable bonds is 4. The normalized spacial score (nSPS) is 11.2. The molecule has 3 N–H and O–H groups in total. The summed E-state index contributed by atoms with van der Waals surface area (Å²) >= 11 is 6.83. The first-order valence-electron chi connectivity index (χ1n) is 5.80. The van der Waals surface area contributed by atoms with E-state index in [0.717, 1.165) is 23.3 Å². The van der Waals surface area contributed by atoms with Crippen LogP contribution in [0, 0.1) is 0 Å². The standard InChI is InChI=1S/C13H12BrN3S2/c14-9-3-4-18-12(9)7-16-6-8-1-2-10-11(5-8)19-13(15)17-10/h1-5,16H,6-7H2,(H2,15,17). The molecular weight excluding hydrogens is 342 g/mol. The Hall–Kier alpha value is -0.950. The van der Waals surface area contributed by atoms with E-state index in [0.29, 0.717) is 5.13 Å². The van der Waals surface area contributed by atoms with Crippen LogP contribution in [0.25, 0.3) is 10.2 Å². The van der Waals surface area contributed by atoms with Crippen LogP contribution in [-0.2, 0) is 13.1 Å². The summed E-state index contributed by atoms with van der Waals surface area (Å²) in [6, 6.07) is 8.35. The Kier molecular flexibility index (Phi) is 3.83. The summed E-state index contributed by atoms with van der Waals surface area (Å²) in [4.78, 5) is 5.58. The highest BCUT2D eigenvalue weighted by Gasteiger charge is 2.03. The lowest BCUT2D eigenvalue weighted by Gasteiger charge is -2.04. The molecule has 0 aliphatic carbocycles. The lowest BCUT2D eigenvalue weighted by molar-refractivity contribution is 0.700. The van der Waals surface area contributed by atoms with Gasteiger partial charge >= 0.3 is 0 Å². The van der Waals surface area contributed by atoms with Gasteiger partial charge in [-0.05, 0) is 45.1 Å². The predicted octanol–water partition coefficient (Wildman–Crippen LogP) is 3.99. The third kappa shape index (κ3) is 2.97. The molecule has 3 aromatic rings. The first-order valence-corrected chi connectivity index (χ1v) is 8.29. The van der Waals surface area contributed by atoms with Crippen molar-refractivity contribution < 1.29 is 0 Å². The molecule has 98 valence electrons. The number of hydrogen-bond acceptors (Lipinski definition) is 5. The molecule has 0 aliphatic heterocycles. The minimum atomic E-state index is 0.627. The highest BCUT2D eigenvalue weighted by molar-refractivity contribution is 9.10. The van der Waals surface area contributed by atoms with E-state index in [-0.39, 0.29) is 0 Å². The number of nitrogens with two attached hydrogens (primary N) is 1. The Morgan fingerprint density at radius 1 is 1.26 bits per heavy atom. The summed E-state index contributed by atoms with van der Waals surface area (Å²) in [6.07, 6.45) is 0. The van der Waals surface area contributed by atoms with Crippen LogP contribution >= 0.6 is 38.6 Å². The van der Waals surface area contributed by atoms with Gasteiger partial charge in [-0.3, -0.25) is 0 Å². The number of halogens is 1. The van der Waals surface area contributed by atoms with Crippen LogP contribution < -0.4 is 11.1 Å². The highest BCUT2D eigenvalue weighted by atomic mass is 79.9. The number of fused-ring (bicyclic) bond motifs is 1. The fourth-order valence-corrected chi connectivity index (χ4v) is 4.13. The smallest absolute Gasteiger partial charge is 0.181 e. The van der Waals surface area contributed by atoms with Crippen LogP contribution in [0.5, 0.6) is 0 Å². The monoisotopic (exact) mass is 353 g/mol. The zero-order valence-corrected chi connectivity index (χ0v) is 13.2. The van der Waals surface area contributed by atoms with Gasteiger partial charge in [0.2, 0.25) is 0 Å². The van der Waals surface area contributed by atoms with Crippen LogP contribution in [0.1, 0.15) is 10.4 Å². The van der Waals surface area contributed by atoms with Crippen LogP contribution in [0.3, 0.4) is 0 Å². The van der Waals surface area contributed by atoms with Gasteiger partial charge in [0.05, 0.1) is 10.2 Å². The van der Waals surface area contributed by atoms with Gasteiger partial charge in [-0.15, -0.1) is 11.3 Å². The van der Waals surface area contributed by atoms with Gasteiger partial charge in [-0.2, -0.15) is 0 Å². The van der Waals surface area contributed by atoms with Crippen molar-refractivity contribution in [3.8, 4) is 0 Å². The second kappa shape index (κ2) is 5.58. The molecule has 0 radical (unpaired) electrons. The van der Waals surface area contributed by atoms with E-state index in [4.69, 9.17) is 5.73 Å². The number of aromatic nitrogens is 1. The van der Waals surface area contributed by atoms with Gasteiger partial charge in [0, 0.05) is 22.4 Å². The molecule has 0 fully saturated rings. The molecule has 0 unspecified atom stereocenters. The summed E-state index contributed by atoms with van der Waals surface area (Å²) in [6.45, 7) is 1.72. The molecule has 0 bridgehead atoms. The van der Waals surface area contributed by atoms with Crippen molar-refractivity contribution in [2.75, 3.05) is 5.73 Å². The van der Waals surface area contributed by atoms with Gasteiger partial charge < -0.3 is 11.1 Å². The molecule has 0 saturated carbocycles. The number of nitrogen functional groups attached to an aromatic ring is 1. The molecule has 3 nitrogen and oxygen atoms in total. The molecule has 0 aliphatic rings. The third-order valence-corrected chi connectivity index (χ3v) is 5.55. The molecule has 3 rings (SSSR count). The molecule has 6 heteroatoms. The molecule has 2 aromatic heterocycles. The van der Waals surface area contributed by atoms with Gasteiger partial charge in [0.25, 0.3) is 0 Å². The van der Waals surface area contributed by atoms with Crippen LogP contribution in [0.2, 0.25) is 0 Å². The van der Waals surface area contributed by atoms with Crippen LogP contribution in [-0.4, -0.2) is 4.98 Å². The summed E-state index contributed by atoms with van der Waals surface area (Å²) in [7, 11) is 0. The fourth-order valence-electron chi connectivity index (χ4n) is 1.87. The second-order valence-corrected chi connectivity index (χ2v) is 7.07. The first-order chi connectivity index (χ1) is 9.22. The number of anilines is 1. The molecule has 1 aromatic carbocycles. The molecule has 0 amide bonds. The van der Waals surface area contributed by atoms with Crippen molar-refractivity contribution >= 4 is 54.0 Å². The number of nitrogens with zero attached hydrogens (tertiary/aromatic N) is 1. The minimum absolute atomic E-state index is 0.627. The predicted molar refractivity (Wildman–Crippen MR) is 86.6 cm³/mol. The van der Waals surface area contributed by atoms with Crippen molar-refractivity contribution in [3.05, 3.63) is 44.6 Å². The average Bonchev–Trinajstić information content (AvgIpc) is 2.94. The number of hydrogen-bond donors (Lipinski definition) is 2. The maximum atomic E-state index is 5.71. The van der Waals surface area contributed by atoms with E-state index in [9.17, 15) is 0 Å². The van der Waals surface area contributed by atoms with Crippen molar-refractivity contribution in [2.45, 2.75) is 13.1 Å². The van der Waals surface area contributed by atoms with Gasteiger partial charge in [0.1, 0.15) is 0 Å². The quantitative estimate of drug-likeness (QED) is 0.745. The van der Waals surface area contributed by atoms with E-state index < -0.39 is 0 Å². The van der Waals surface area contributed by atoms with E-state index >= 15 is 0 Å². The maximum Gasteiger partial charge on any atom is 0.181 e. The number of thiazole rings is 1. The van der Waals surface area contributed by atoms with Crippen molar-refractivity contribution in [2.24, 2.45) is 0 Å². The Morgan fingerprint density at radius 2 is 2.16 bits per heavy atom. The summed E-state index contributed by atoms with van der Waals surface area (Å²) in [5.74, 6) is 0. The maximum absolute atomic E-state index is 5.71. The Labute approximate surface area is 127 Å². The lowest BCUT2D eigenvalue weighted by atomic mass is 10.2. The number of thiophene rings is 1. The first kappa shape index (κ1) is 13.1.